The van der Waals surface area contributed by atoms with Gasteiger partial charge in [0, 0.05) is 23.4 Å². The molecular weight excluding hydrogens is 414 g/mol. The van der Waals surface area contributed by atoms with Crippen molar-refractivity contribution in [2.75, 3.05) is 11.4 Å². The van der Waals surface area contributed by atoms with Crippen LogP contribution in [0.15, 0.2) is 52.6 Å². The van der Waals surface area contributed by atoms with Gasteiger partial charge in [-0.1, -0.05) is 47.1 Å². The summed E-state index contributed by atoms with van der Waals surface area (Å²) in [5.74, 6) is 0.710. The lowest BCUT2D eigenvalue weighted by atomic mass is 10.1. The molecule has 0 spiro atoms. The van der Waals surface area contributed by atoms with Crippen molar-refractivity contribution in [1.82, 2.24) is 9.97 Å². The number of benzene rings is 2. The van der Waals surface area contributed by atoms with Crippen LogP contribution in [-0.2, 0) is 15.8 Å². The maximum atomic E-state index is 12.8. The maximum absolute atomic E-state index is 12.8. The van der Waals surface area contributed by atoms with E-state index in [1.165, 1.54) is 46.0 Å². The van der Waals surface area contributed by atoms with Gasteiger partial charge in [0.05, 0.1) is 17.6 Å². The molecule has 8 heteroatoms. The standard InChI is InChI=1S/C20H18ClN3O2S2/c1-12-4-5-13(2)14(8-12)11-27-20-22-10-18-19(23-20)16-9-15(21)6-7-17(16)24(3)28(18,25)26/h4-10H,11H2,1-3H3. The number of rotatable bonds is 3. The van der Waals surface area contributed by atoms with Crippen LogP contribution in [0, 0.1) is 13.8 Å². The smallest absolute Gasteiger partial charge is 0.267 e. The first-order chi connectivity index (χ1) is 13.3. The lowest BCUT2D eigenvalue weighted by Crippen LogP contribution is -2.31. The minimum Gasteiger partial charge on any atom is -0.269 e. The number of fused-ring (bicyclic) bond motifs is 3. The number of aromatic nitrogens is 2. The molecule has 28 heavy (non-hydrogen) atoms. The number of aryl methyl sites for hydroxylation is 2. The molecule has 2 aromatic carbocycles. The van der Waals surface area contributed by atoms with Crippen LogP contribution < -0.4 is 4.31 Å². The van der Waals surface area contributed by atoms with E-state index in [2.05, 4.69) is 42.0 Å². The first-order valence-corrected chi connectivity index (χ1v) is 11.4. The van der Waals surface area contributed by atoms with Gasteiger partial charge in [-0.15, -0.1) is 0 Å². The van der Waals surface area contributed by atoms with E-state index in [9.17, 15) is 8.42 Å². The molecule has 0 amide bonds. The Balaban J connectivity index is 1.75. The molecule has 0 N–H and O–H groups in total. The SMILES string of the molecule is Cc1ccc(C)c(CSc2ncc3c(n2)-c2cc(Cl)ccc2N(C)S3(=O)=O)c1. The summed E-state index contributed by atoms with van der Waals surface area (Å²) in [6.07, 6.45) is 1.39. The molecule has 1 aliphatic rings. The Hall–Kier alpha value is -2.09. The van der Waals surface area contributed by atoms with E-state index in [0.717, 1.165) is 0 Å². The van der Waals surface area contributed by atoms with Crippen molar-refractivity contribution in [1.29, 1.82) is 0 Å². The minimum atomic E-state index is -3.69. The van der Waals surface area contributed by atoms with Crippen LogP contribution in [0.4, 0.5) is 5.69 Å². The molecule has 0 radical (unpaired) electrons. The molecule has 2 heterocycles. The highest BCUT2D eigenvalue weighted by molar-refractivity contribution is 7.98. The Labute approximate surface area is 173 Å². The molecule has 1 aromatic heterocycles. The molecule has 0 saturated carbocycles. The molecular formula is C20H18ClN3O2S2. The summed E-state index contributed by atoms with van der Waals surface area (Å²) in [6, 6.07) is 11.4. The Morgan fingerprint density at radius 3 is 2.71 bits per heavy atom. The van der Waals surface area contributed by atoms with E-state index in [4.69, 9.17) is 11.6 Å². The number of thioether (sulfide) groups is 1. The first kappa shape index (κ1) is 19.2. The van der Waals surface area contributed by atoms with Gasteiger partial charge in [0.1, 0.15) is 4.90 Å². The Morgan fingerprint density at radius 2 is 1.93 bits per heavy atom. The van der Waals surface area contributed by atoms with Crippen molar-refractivity contribution in [3.63, 3.8) is 0 Å². The fourth-order valence-electron chi connectivity index (χ4n) is 3.15. The Bertz CT molecular complexity index is 1200. The van der Waals surface area contributed by atoms with Gasteiger partial charge in [-0.05, 0) is 43.2 Å². The van der Waals surface area contributed by atoms with E-state index in [1.54, 1.807) is 18.2 Å². The van der Waals surface area contributed by atoms with Gasteiger partial charge in [-0.25, -0.2) is 18.4 Å². The second-order valence-corrected chi connectivity index (χ2v) is 10.0. The Kier molecular flexibility index (Phi) is 4.85. The van der Waals surface area contributed by atoms with Gasteiger partial charge in [0.2, 0.25) is 0 Å². The van der Waals surface area contributed by atoms with Gasteiger partial charge >= 0.3 is 0 Å². The third kappa shape index (κ3) is 3.27. The number of hydrogen-bond acceptors (Lipinski definition) is 5. The molecule has 1 aliphatic heterocycles. The average molecular weight is 432 g/mol. The predicted molar refractivity (Wildman–Crippen MR) is 114 cm³/mol. The van der Waals surface area contributed by atoms with E-state index in [1.807, 2.05) is 0 Å². The summed E-state index contributed by atoms with van der Waals surface area (Å²) in [5.41, 5.74) is 5.26. The monoisotopic (exact) mass is 431 g/mol. The summed E-state index contributed by atoms with van der Waals surface area (Å²) in [6.45, 7) is 4.13. The third-order valence-electron chi connectivity index (χ3n) is 4.79. The van der Waals surface area contributed by atoms with Crippen molar-refractivity contribution >= 4 is 39.1 Å². The fraction of sp³-hybridized carbons (Fsp3) is 0.200. The van der Waals surface area contributed by atoms with E-state index in [-0.39, 0.29) is 4.90 Å². The highest BCUT2D eigenvalue weighted by atomic mass is 35.5. The predicted octanol–water partition coefficient (Wildman–Crippen LogP) is 4.84. The second-order valence-electron chi connectivity index (χ2n) is 6.72. The van der Waals surface area contributed by atoms with Gasteiger partial charge in [0.25, 0.3) is 10.0 Å². The number of halogens is 1. The van der Waals surface area contributed by atoms with E-state index >= 15 is 0 Å². The molecule has 0 unspecified atom stereocenters. The lowest BCUT2D eigenvalue weighted by Gasteiger charge is -2.28. The normalized spacial score (nSPS) is 14.5. The van der Waals surface area contributed by atoms with Gasteiger partial charge in [-0.2, -0.15) is 0 Å². The third-order valence-corrected chi connectivity index (χ3v) is 7.70. The Morgan fingerprint density at radius 1 is 1.14 bits per heavy atom. The molecule has 3 aromatic rings. The molecule has 0 aliphatic carbocycles. The van der Waals surface area contributed by atoms with Crippen molar-refractivity contribution in [3.05, 3.63) is 64.3 Å². The van der Waals surface area contributed by atoms with Crippen molar-refractivity contribution in [2.45, 2.75) is 29.7 Å². The molecule has 5 nitrogen and oxygen atoms in total. The van der Waals surface area contributed by atoms with E-state index in [0.29, 0.717) is 32.9 Å². The summed E-state index contributed by atoms with van der Waals surface area (Å²) in [5, 5.41) is 1.06. The molecule has 0 atom stereocenters. The quantitative estimate of drug-likeness (QED) is 0.438. The summed E-state index contributed by atoms with van der Waals surface area (Å²) in [7, 11) is -2.17. The van der Waals surface area contributed by atoms with Gasteiger partial charge in [0.15, 0.2) is 5.16 Å². The maximum Gasteiger partial charge on any atom is 0.267 e. The van der Waals surface area contributed by atoms with Crippen LogP contribution in [0.2, 0.25) is 5.02 Å². The molecule has 0 saturated heterocycles. The van der Waals surface area contributed by atoms with Crippen molar-refractivity contribution in [3.8, 4) is 11.3 Å². The number of hydrogen-bond donors (Lipinski definition) is 0. The summed E-state index contributed by atoms with van der Waals surface area (Å²) >= 11 is 7.64. The number of anilines is 1. The van der Waals surface area contributed by atoms with Crippen LogP contribution in [0.25, 0.3) is 11.3 Å². The summed E-state index contributed by atoms with van der Waals surface area (Å²) in [4.78, 5) is 8.98. The number of sulfonamides is 1. The highest BCUT2D eigenvalue weighted by Gasteiger charge is 2.34. The van der Waals surface area contributed by atoms with Crippen LogP contribution >= 0.6 is 23.4 Å². The van der Waals surface area contributed by atoms with Crippen LogP contribution in [-0.4, -0.2) is 25.4 Å². The van der Waals surface area contributed by atoms with Crippen molar-refractivity contribution < 1.29 is 8.42 Å². The lowest BCUT2D eigenvalue weighted by molar-refractivity contribution is 0.592. The average Bonchev–Trinajstić information content (AvgIpc) is 2.67. The summed E-state index contributed by atoms with van der Waals surface area (Å²) < 4.78 is 26.9. The second kappa shape index (κ2) is 7.06. The van der Waals surface area contributed by atoms with E-state index < -0.39 is 10.0 Å². The molecule has 0 bridgehead atoms. The largest absolute Gasteiger partial charge is 0.269 e. The molecule has 4 rings (SSSR count). The zero-order valence-electron chi connectivity index (χ0n) is 15.6. The van der Waals surface area contributed by atoms with Crippen LogP contribution in [0.5, 0.6) is 0 Å². The van der Waals surface area contributed by atoms with Crippen molar-refractivity contribution in [2.24, 2.45) is 0 Å². The topological polar surface area (TPSA) is 63.2 Å². The molecule has 0 fully saturated rings. The minimum absolute atomic E-state index is 0.0980. The van der Waals surface area contributed by atoms with Gasteiger partial charge < -0.3 is 0 Å². The van der Waals surface area contributed by atoms with Crippen LogP contribution in [0.3, 0.4) is 0 Å². The molecule has 144 valence electrons. The number of nitrogens with zero attached hydrogens (tertiary/aromatic N) is 3. The zero-order valence-corrected chi connectivity index (χ0v) is 18.0. The zero-order chi connectivity index (χ0) is 20.1. The first-order valence-electron chi connectivity index (χ1n) is 8.62. The fourth-order valence-corrected chi connectivity index (χ4v) is 5.50. The van der Waals surface area contributed by atoms with Crippen LogP contribution in [0.1, 0.15) is 16.7 Å². The highest BCUT2D eigenvalue weighted by Crippen LogP contribution is 2.42. The van der Waals surface area contributed by atoms with Gasteiger partial charge in [-0.3, -0.25) is 4.31 Å².